The second-order valence-electron chi connectivity index (χ2n) is 7.80. The average molecular weight is 435 g/mol. The third-order valence-corrected chi connectivity index (χ3v) is 5.18. The number of ether oxygens (including phenoxy) is 1. The van der Waals surface area contributed by atoms with E-state index < -0.39 is 6.10 Å². The van der Waals surface area contributed by atoms with Crippen molar-refractivity contribution in [1.29, 1.82) is 0 Å². The van der Waals surface area contributed by atoms with Crippen molar-refractivity contribution in [1.82, 2.24) is 4.90 Å². The maximum Gasteiger partial charge on any atom is 0.145 e. The number of rotatable bonds is 10. The van der Waals surface area contributed by atoms with E-state index in [1.807, 2.05) is 38.1 Å². The van der Waals surface area contributed by atoms with Gasteiger partial charge in [0, 0.05) is 31.1 Å². The fourth-order valence-electron chi connectivity index (χ4n) is 3.35. The van der Waals surface area contributed by atoms with E-state index in [9.17, 15) is 9.50 Å². The first kappa shape index (κ1) is 22.7. The van der Waals surface area contributed by atoms with Crippen LogP contribution in [0.25, 0.3) is 0 Å². The molecule has 0 saturated heterocycles. The second kappa shape index (κ2) is 10.9. The molecule has 0 spiro atoms. The van der Waals surface area contributed by atoms with Crippen LogP contribution in [0, 0.1) is 5.82 Å². The average Bonchev–Trinajstić information content (AvgIpc) is 3.17. The molecule has 30 heavy (non-hydrogen) atoms. The summed E-state index contributed by atoms with van der Waals surface area (Å²) in [4.78, 5) is 7.74. The zero-order chi connectivity index (χ0) is 21.5. The Balaban J connectivity index is 1.63. The standard InChI is InChI=1S/C23H28ClFN2O3/c1-16(2)29-15-20(28)13-27(12-18-5-3-4-6-22(18)24)14-21-11-23(26-30-21)17-7-9-19(25)10-8-17/h3-10,16,20-21,28H,11-15H2,1-2H3/t20-,21-/m1/s1. The van der Waals surface area contributed by atoms with Crippen molar-refractivity contribution in [2.45, 2.75) is 45.1 Å². The minimum Gasteiger partial charge on any atom is -0.390 e. The summed E-state index contributed by atoms with van der Waals surface area (Å²) in [6.07, 6.45) is -0.121. The third-order valence-electron chi connectivity index (χ3n) is 4.81. The van der Waals surface area contributed by atoms with Crippen LogP contribution in [0.2, 0.25) is 5.02 Å². The summed E-state index contributed by atoms with van der Waals surface area (Å²) in [7, 11) is 0. The van der Waals surface area contributed by atoms with Crippen molar-refractivity contribution in [3.63, 3.8) is 0 Å². The van der Waals surface area contributed by atoms with Gasteiger partial charge in [-0.3, -0.25) is 4.90 Å². The van der Waals surface area contributed by atoms with E-state index in [0.717, 1.165) is 16.8 Å². The molecule has 7 heteroatoms. The van der Waals surface area contributed by atoms with Gasteiger partial charge in [0.1, 0.15) is 11.9 Å². The third kappa shape index (κ3) is 6.77. The lowest BCUT2D eigenvalue weighted by molar-refractivity contribution is -0.0194. The van der Waals surface area contributed by atoms with Gasteiger partial charge in [-0.25, -0.2) is 4.39 Å². The van der Waals surface area contributed by atoms with E-state index in [1.165, 1.54) is 12.1 Å². The Morgan fingerprint density at radius 2 is 1.97 bits per heavy atom. The van der Waals surface area contributed by atoms with Gasteiger partial charge in [-0.1, -0.05) is 47.1 Å². The Morgan fingerprint density at radius 3 is 2.67 bits per heavy atom. The second-order valence-corrected chi connectivity index (χ2v) is 8.21. The molecule has 2 aromatic carbocycles. The SMILES string of the molecule is CC(C)OC[C@H](O)CN(Cc1ccccc1Cl)C[C@H]1CC(c2ccc(F)cc2)=NO1. The van der Waals surface area contributed by atoms with Crippen LogP contribution in [0.4, 0.5) is 4.39 Å². The van der Waals surface area contributed by atoms with E-state index in [-0.39, 0.29) is 24.6 Å². The molecular formula is C23H28ClFN2O3. The molecule has 162 valence electrons. The molecule has 0 radical (unpaired) electrons. The zero-order valence-electron chi connectivity index (χ0n) is 17.3. The Morgan fingerprint density at radius 1 is 1.23 bits per heavy atom. The lowest BCUT2D eigenvalue weighted by atomic mass is 10.0. The summed E-state index contributed by atoms with van der Waals surface area (Å²) in [5.74, 6) is -0.279. The lowest BCUT2D eigenvalue weighted by Gasteiger charge is -2.27. The fourth-order valence-corrected chi connectivity index (χ4v) is 3.55. The number of oxime groups is 1. The highest BCUT2D eigenvalue weighted by molar-refractivity contribution is 6.31. The first-order valence-corrected chi connectivity index (χ1v) is 10.5. The van der Waals surface area contributed by atoms with Crippen LogP contribution in [0.5, 0.6) is 0 Å². The molecule has 3 rings (SSSR count). The van der Waals surface area contributed by atoms with E-state index >= 15 is 0 Å². The zero-order valence-corrected chi connectivity index (χ0v) is 18.1. The molecule has 5 nitrogen and oxygen atoms in total. The fraction of sp³-hybridized carbons (Fsp3) is 0.435. The molecule has 1 aliphatic heterocycles. The van der Waals surface area contributed by atoms with E-state index in [0.29, 0.717) is 31.1 Å². The summed E-state index contributed by atoms with van der Waals surface area (Å²) in [5.41, 5.74) is 2.62. The van der Waals surface area contributed by atoms with Crippen molar-refractivity contribution >= 4 is 17.3 Å². The molecule has 0 saturated carbocycles. The molecule has 0 fully saturated rings. The molecule has 0 amide bonds. The minimum atomic E-state index is -0.631. The van der Waals surface area contributed by atoms with Gasteiger partial charge >= 0.3 is 0 Å². The summed E-state index contributed by atoms with van der Waals surface area (Å²) < 4.78 is 18.7. The molecule has 1 N–H and O–H groups in total. The van der Waals surface area contributed by atoms with E-state index in [2.05, 4.69) is 10.1 Å². The van der Waals surface area contributed by atoms with Gasteiger partial charge in [0.15, 0.2) is 0 Å². The van der Waals surface area contributed by atoms with Gasteiger partial charge in [0.25, 0.3) is 0 Å². The van der Waals surface area contributed by atoms with Gasteiger partial charge in [0.2, 0.25) is 0 Å². The molecule has 0 aromatic heterocycles. The van der Waals surface area contributed by atoms with Crippen molar-refractivity contribution < 1.29 is 19.1 Å². The quantitative estimate of drug-likeness (QED) is 0.607. The van der Waals surface area contributed by atoms with E-state index in [1.54, 1.807) is 12.1 Å². The van der Waals surface area contributed by atoms with Crippen LogP contribution in [0.15, 0.2) is 53.7 Å². The largest absolute Gasteiger partial charge is 0.390 e. The molecule has 1 aliphatic rings. The number of nitrogens with zero attached hydrogens (tertiary/aromatic N) is 2. The predicted octanol–water partition coefficient (Wildman–Crippen LogP) is 4.26. The van der Waals surface area contributed by atoms with Crippen LogP contribution in [-0.2, 0) is 16.1 Å². The Labute approximate surface area is 182 Å². The topological polar surface area (TPSA) is 54.3 Å². The highest BCUT2D eigenvalue weighted by Crippen LogP contribution is 2.21. The maximum absolute atomic E-state index is 13.2. The maximum atomic E-state index is 13.2. The lowest BCUT2D eigenvalue weighted by Crippen LogP contribution is -2.39. The smallest absolute Gasteiger partial charge is 0.145 e. The number of hydrogen-bond acceptors (Lipinski definition) is 5. The van der Waals surface area contributed by atoms with Crippen molar-refractivity contribution in [3.05, 3.63) is 70.5 Å². The van der Waals surface area contributed by atoms with Crippen LogP contribution in [0.3, 0.4) is 0 Å². The molecule has 2 aromatic rings. The van der Waals surface area contributed by atoms with Crippen molar-refractivity contribution in [2.24, 2.45) is 5.16 Å². The monoisotopic (exact) mass is 434 g/mol. The number of aliphatic hydroxyl groups excluding tert-OH is 1. The summed E-state index contributed by atoms with van der Waals surface area (Å²) in [6.45, 7) is 5.70. The molecule has 0 bridgehead atoms. The molecule has 0 aliphatic carbocycles. The van der Waals surface area contributed by atoms with Crippen LogP contribution < -0.4 is 0 Å². The van der Waals surface area contributed by atoms with E-state index in [4.69, 9.17) is 21.2 Å². The Hall–Kier alpha value is -1.99. The number of benzene rings is 2. The van der Waals surface area contributed by atoms with Crippen LogP contribution in [0.1, 0.15) is 31.4 Å². The number of aliphatic hydroxyl groups is 1. The van der Waals surface area contributed by atoms with Crippen molar-refractivity contribution in [3.8, 4) is 0 Å². The first-order chi connectivity index (χ1) is 14.4. The minimum absolute atomic E-state index is 0.0569. The van der Waals surface area contributed by atoms with Gasteiger partial charge in [-0.15, -0.1) is 0 Å². The van der Waals surface area contributed by atoms with Gasteiger partial charge in [-0.2, -0.15) is 0 Å². The number of halogens is 2. The van der Waals surface area contributed by atoms with Crippen molar-refractivity contribution in [2.75, 3.05) is 19.7 Å². The molecule has 1 heterocycles. The highest BCUT2D eigenvalue weighted by atomic mass is 35.5. The highest BCUT2D eigenvalue weighted by Gasteiger charge is 2.26. The summed E-state index contributed by atoms with van der Waals surface area (Å²) in [5, 5.41) is 15.3. The normalized spacial score (nSPS) is 17.3. The van der Waals surface area contributed by atoms with Gasteiger partial charge in [0.05, 0.1) is 24.5 Å². The predicted molar refractivity (Wildman–Crippen MR) is 116 cm³/mol. The summed E-state index contributed by atoms with van der Waals surface area (Å²) >= 11 is 6.34. The van der Waals surface area contributed by atoms with Gasteiger partial charge < -0.3 is 14.7 Å². The Bertz CT molecular complexity index is 845. The summed E-state index contributed by atoms with van der Waals surface area (Å²) in [6, 6.07) is 13.9. The first-order valence-electron chi connectivity index (χ1n) is 10.1. The molecule has 0 unspecified atom stereocenters. The molecular weight excluding hydrogens is 407 g/mol. The van der Waals surface area contributed by atoms with Crippen LogP contribution in [-0.4, -0.2) is 53.7 Å². The number of hydrogen-bond donors (Lipinski definition) is 1. The Kier molecular flexibility index (Phi) is 8.22. The van der Waals surface area contributed by atoms with Gasteiger partial charge in [-0.05, 0) is 43.2 Å². The molecule has 2 atom stereocenters. The van der Waals surface area contributed by atoms with Crippen LogP contribution >= 0.6 is 11.6 Å².